The second kappa shape index (κ2) is 5.16. The SMILES string of the molecule is CCN(CCC(=O)O)c1cccnn1. The second-order valence-corrected chi connectivity index (χ2v) is 2.81. The molecule has 0 saturated carbocycles. The molecule has 0 bridgehead atoms. The highest BCUT2D eigenvalue weighted by molar-refractivity contribution is 5.67. The molecule has 0 amide bonds. The Labute approximate surface area is 82.4 Å². The van der Waals surface area contributed by atoms with Gasteiger partial charge in [-0.2, -0.15) is 5.10 Å². The highest BCUT2D eigenvalue weighted by Crippen LogP contribution is 2.07. The molecule has 0 atom stereocenters. The van der Waals surface area contributed by atoms with Gasteiger partial charge in [0.05, 0.1) is 6.42 Å². The molecule has 5 heteroatoms. The first-order chi connectivity index (χ1) is 6.74. The summed E-state index contributed by atoms with van der Waals surface area (Å²) in [5, 5.41) is 16.2. The first-order valence-electron chi connectivity index (χ1n) is 4.48. The van der Waals surface area contributed by atoms with E-state index in [0.29, 0.717) is 6.54 Å². The van der Waals surface area contributed by atoms with E-state index in [1.54, 1.807) is 12.3 Å². The lowest BCUT2D eigenvalue weighted by atomic mass is 10.3. The Bertz CT molecular complexity index is 289. The molecule has 0 radical (unpaired) electrons. The van der Waals surface area contributed by atoms with E-state index in [9.17, 15) is 4.79 Å². The van der Waals surface area contributed by atoms with E-state index in [4.69, 9.17) is 5.11 Å². The summed E-state index contributed by atoms with van der Waals surface area (Å²) in [6.45, 7) is 3.15. The van der Waals surface area contributed by atoms with E-state index < -0.39 is 5.97 Å². The van der Waals surface area contributed by atoms with Gasteiger partial charge in [-0.3, -0.25) is 4.79 Å². The minimum Gasteiger partial charge on any atom is -0.481 e. The lowest BCUT2D eigenvalue weighted by Gasteiger charge is -2.19. The van der Waals surface area contributed by atoms with E-state index in [1.165, 1.54) is 0 Å². The molecule has 0 aliphatic rings. The van der Waals surface area contributed by atoms with Crippen molar-refractivity contribution in [2.45, 2.75) is 13.3 Å². The van der Waals surface area contributed by atoms with Crippen LogP contribution in [-0.2, 0) is 4.79 Å². The Hall–Kier alpha value is -1.65. The summed E-state index contributed by atoms with van der Waals surface area (Å²) in [5.41, 5.74) is 0. The molecule has 1 N–H and O–H groups in total. The Balaban J connectivity index is 2.58. The molecule has 0 fully saturated rings. The number of hydrogen-bond acceptors (Lipinski definition) is 4. The molecule has 1 aromatic heterocycles. The maximum Gasteiger partial charge on any atom is 0.305 e. The average molecular weight is 195 g/mol. The molecule has 0 saturated heterocycles. The smallest absolute Gasteiger partial charge is 0.305 e. The molecule has 5 nitrogen and oxygen atoms in total. The number of rotatable bonds is 5. The molecule has 76 valence electrons. The summed E-state index contributed by atoms with van der Waals surface area (Å²) in [6, 6.07) is 3.60. The summed E-state index contributed by atoms with van der Waals surface area (Å²) in [7, 11) is 0. The topological polar surface area (TPSA) is 66.3 Å². The van der Waals surface area contributed by atoms with Crippen LogP contribution in [0, 0.1) is 0 Å². The largest absolute Gasteiger partial charge is 0.481 e. The van der Waals surface area contributed by atoms with Gasteiger partial charge in [0.2, 0.25) is 0 Å². The lowest BCUT2D eigenvalue weighted by molar-refractivity contribution is -0.136. The van der Waals surface area contributed by atoms with Crippen LogP contribution in [0.2, 0.25) is 0 Å². The standard InChI is InChI=1S/C9H13N3O2/c1-2-12(7-5-9(13)14)8-4-3-6-10-11-8/h3-4,6H,2,5,7H2,1H3,(H,13,14). The van der Waals surface area contributed by atoms with E-state index in [0.717, 1.165) is 12.4 Å². The minimum absolute atomic E-state index is 0.115. The molecule has 0 aromatic carbocycles. The van der Waals surface area contributed by atoms with Crippen molar-refractivity contribution >= 4 is 11.8 Å². The van der Waals surface area contributed by atoms with Gasteiger partial charge < -0.3 is 10.0 Å². The maximum absolute atomic E-state index is 10.4. The van der Waals surface area contributed by atoms with Gasteiger partial charge in [0.15, 0.2) is 5.82 Å². The van der Waals surface area contributed by atoms with Gasteiger partial charge in [-0.05, 0) is 19.1 Å². The highest BCUT2D eigenvalue weighted by atomic mass is 16.4. The predicted octanol–water partition coefficient (Wildman–Crippen LogP) is 0.778. The number of hydrogen-bond donors (Lipinski definition) is 1. The number of carboxylic acid groups (broad SMARTS) is 1. The Morgan fingerprint density at radius 2 is 2.43 bits per heavy atom. The van der Waals surface area contributed by atoms with E-state index in [-0.39, 0.29) is 6.42 Å². The molecule has 0 aliphatic heterocycles. The zero-order valence-corrected chi connectivity index (χ0v) is 8.05. The van der Waals surface area contributed by atoms with Gasteiger partial charge >= 0.3 is 5.97 Å². The van der Waals surface area contributed by atoms with Gasteiger partial charge in [0.1, 0.15) is 0 Å². The monoisotopic (exact) mass is 195 g/mol. The summed E-state index contributed by atoms with van der Waals surface area (Å²) in [5.74, 6) is -0.0800. The predicted molar refractivity (Wildman–Crippen MR) is 52.2 cm³/mol. The van der Waals surface area contributed by atoms with Crippen LogP contribution in [0.3, 0.4) is 0 Å². The quantitative estimate of drug-likeness (QED) is 0.752. The van der Waals surface area contributed by atoms with Gasteiger partial charge in [0.25, 0.3) is 0 Å². The van der Waals surface area contributed by atoms with E-state index >= 15 is 0 Å². The number of aromatic nitrogens is 2. The fourth-order valence-electron chi connectivity index (χ4n) is 1.13. The van der Waals surface area contributed by atoms with Crippen molar-refractivity contribution in [1.29, 1.82) is 0 Å². The summed E-state index contributed by atoms with van der Waals surface area (Å²) < 4.78 is 0. The van der Waals surface area contributed by atoms with Crippen LogP contribution in [0.1, 0.15) is 13.3 Å². The highest BCUT2D eigenvalue weighted by Gasteiger charge is 2.07. The average Bonchev–Trinajstić information content (AvgIpc) is 2.20. The van der Waals surface area contributed by atoms with Crippen molar-refractivity contribution in [3.63, 3.8) is 0 Å². The van der Waals surface area contributed by atoms with Gasteiger partial charge in [0, 0.05) is 19.3 Å². The molecular weight excluding hydrogens is 182 g/mol. The molecule has 0 spiro atoms. The molecule has 1 aromatic rings. The molecular formula is C9H13N3O2. The first kappa shape index (κ1) is 10.4. The van der Waals surface area contributed by atoms with Gasteiger partial charge in [-0.25, -0.2) is 0 Å². The van der Waals surface area contributed by atoms with Crippen LogP contribution in [0.5, 0.6) is 0 Å². The second-order valence-electron chi connectivity index (χ2n) is 2.81. The normalized spacial score (nSPS) is 9.79. The van der Waals surface area contributed by atoms with Crippen molar-refractivity contribution in [3.8, 4) is 0 Å². The number of anilines is 1. The molecule has 0 aliphatic carbocycles. The van der Waals surface area contributed by atoms with Crippen molar-refractivity contribution in [2.24, 2.45) is 0 Å². The summed E-state index contributed by atoms with van der Waals surface area (Å²) in [4.78, 5) is 12.3. The van der Waals surface area contributed by atoms with Crippen LogP contribution < -0.4 is 4.90 Å². The fraction of sp³-hybridized carbons (Fsp3) is 0.444. The lowest BCUT2D eigenvalue weighted by Crippen LogP contribution is -2.26. The third-order valence-corrected chi connectivity index (χ3v) is 1.86. The van der Waals surface area contributed by atoms with Crippen molar-refractivity contribution < 1.29 is 9.90 Å². The number of aliphatic carboxylic acids is 1. The number of nitrogens with zero attached hydrogens (tertiary/aromatic N) is 3. The number of carboxylic acids is 1. The molecule has 14 heavy (non-hydrogen) atoms. The molecule has 1 heterocycles. The Morgan fingerprint density at radius 3 is 2.93 bits per heavy atom. The fourth-order valence-corrected chi connectivity index (χ4v) is 1.13. The Kier molecular flexibility index (Phi) is 3.84. The van der Waals surface area contributed by atoms with Crippen LogP contribution in [-0.4, -0.2) is 34.4 Å². The minimum atomic E-state index is -0.799. The van der Waals surface area contributed by atoms with Crippen LogP contribution in [0.15, 0.2) is 18.3 Å². The van der Waals surface area contributed by atoms with E-state index in [1.807, 2.05) is 17.9 Å². The molecule has 0 unspecified atom stereocenters. The van der Waals surface area contributed by atoms with E-state index in [2.05, 4.69) is 10.2 Å². The van der Waals surface area contributed by atoms with Crippen molar-refractivity contribution in [1.82, 2.24) is 10.2 Å². The maximum atomic E-state index is 10.4. The summed E-state index contributed by atoms with van der Waals surface area (Å²) in [6.07, 6.45) is 1.71. The zero-order chi connectivity index (χ0) is 10.4. The number of carbonyl (C=O) groups is 1. The van der Waals surface area contributed by atoms with Crippen molar-refractivity contribution in [3.05, 3.63) is 18.3 Å². The van der Waals surface area contributed by atoms with Crippen LogP contribution in [0.4, 0.5) is 5.82 Å². The zero-order valence-electron chi connectivity index (χ0n) is 8.05. The third kappa shape index (κ3) is 3.01. The third-order valence-electron chi connectivity index (χ3n) is 1.86. The Morgan fingerprint density at radius 1 is 1.64 bits per heavy atom. The van der Waals surface area contributed by atoms with Crippen molar-refractivity contribution in [2.75, 3.05) is 18.0 Å². The summed E-state index contributed by atoms with van der Waals surface area (Å²) >= 11 is 0. The van der Waals surface area contributed by atoms with Gasteiger partial charge in [-0.1, -0.05) is 0 Å². The van der Waals surface area contributed by atoms with Crippen LogP contribution in [0.25, 0.3) is 0 Å². The first-order valence-corrected chi connectivity index (χ1v) is 4.48. The van der Waals surface area contributed by atoms with Gasteiger partial charge in [-0.15, -0.1) is 5.10 Å². The van der Waals surface area contributed by atoms with Crippen LogP contribution >= 0.6 is 0 Å². The molecule has 1 rings (SSSR count).